The molecular weight excluding hydrogens is 316 g/mol. The highest BCUT2D eigenvalue weighted by Crippen LogP contribution is 1.90. The van der Waals surface area contributed by atoms with Gasteiger partial charge < -0.3 is 15.4 Å². The Hall–Kier alpha value is -0.860. The third-order valence-electron chi connectivity index (χ3n) is 3.05. The van der Waals surface area contributed by atoms with Crippen LogP contribution < -0.4 is 15.4 Å². The van der Waals surface area contributed by atoms with Crippen LogP contribution >= 0.6 is 0 Å². The molecule has 7 nitrogen and oxygen atoms in total. The molecule has 0 fully saturated rings. The standard InChI is InChI=1S/C15H34N4O3S/c1-4-7-13-22-14-9-11-18-15(16-5-2)17-10-8-12-19-23(20,21)6-3/h19H,4-14H2,1-3H3,(H2,16,17,18). The lowest BCUT2D eigenvalue weighted by Gasteiger charge is -2.11. The van der Waals surface area contributed by atoms with Gasteiger partial charge in [-0.1, -0.05) is 13.3 Å². The number of rotatable bonds is 14. The second-order valence-electron chi connectivity index (χ2n) is 5.16. The molecule has 0 aromatic rings. The summed E-state index contributed by atoms with van der Waals surface area (Å²) in [6.45, 7) is 9.97. The molecule has 0 spiro atoms. The van der Waals surface area contributed by atoms with Gasteiger partial charge in [-0.3, -0.25) is 4.99 Å². The Balaban J connectivity index is 3.81. The number of nitrogens with one attached hydrogen (secondary N) is 3. The molecule has 0 atom stereocenters. The molecule has 0 rings (SSSR count). The first-order valence-electron chi connectivity index (χ1n) is 8.63. The number of unbranched alkanes of at least 4 members (excludes halogenated alkanes) is 1. The van der Waals surface area contributed by atoms with Crippen LogP contribution in [0.4, 0.5) is 0 Å². The lowest BCUT2D eigenvalue weighted by atomic mass is 10.4. The van der Waals surface area contributed by atoms with Gasteiger partial charge in [0.05, 0.1) is 5.75 Å². The molecule has 0 saturated heterocycles. The van der Waals surface area contributed by atoms with Gasteiger partial charge in [0, 0.05) is 39.4 Å². The van der Waals surface area contributed by atoms with E-state index in [4.69, 9.17) is 4.74 Å². The second-order valence-corrected chi connectivity index (χ2v) is 7.25. The molecule has 0 aromatic heterocycles. The average Bonchev–Trinajstić information content (AvgIpc) is 2.53. The van der Waals surface area contributed by atoms with Crippen LogP contribution in [0.15, 0.2) is 4.99 Å². The van der Waals surface area contributed by atoms with Gasteiger partial charge in [0.2, 0.25) is 10.0 Å². The third kappa shape index (κ3) is 14.5. The van der Waals surface area contributed by atoms with Crippen LogP contribution in [0.1, 0.15) is 46.5 Å². The van der Waals surface area contributed by atoms with E-state index < -0.39 is 10.0 Å². The fraction of sp³-hybridized carbons (Fsp3) is 0.933. The van der Waals surface area contributed by atoms with Crippen molar-refractivity contribution in [2.45, 2.75) is 46.5 Å². The van der Waals surface area contributed by atoms with Crippen LogP contribution in [0.2, 0.25) is 0 Å². The van der Waals surface area contributed by atoms with Gasteiger partial charge in [-0.15, -0.1) is 0 Å². The van der Waals surface area contributed by atoms with Crippen molar-refractivity contribution in [3.8, 4) is 0 Å². The Morgan fingerprint density at radius 3 is 2.39 bits per heavy atom. The van der Waals surface area contributed by atoms with Crippen molar-refractivity contribution in [2.24, 2.45) is 4.99 Å². The zero-order chi connectivity index (χ0) is 17.4. The topological polar surface area (TPSA) is 91.8 Å². The minimum Gasteiger partial charge on any atom is -0.381 e. The van der Waals surface area contributed by atoms with E-state index in [9.17, 15) is 8.42 Å². The highest BCUT2D eigenvalue weighted by atomic mass is 32.2. The van der Waals surface area contributed by atoms with E-state index in [2.05, 4.69) is 27.3 Å². The SMILES string of the molecule is CCCCOCCCN=C(NCC)NCCCNS(=O)(=O)CC. The second kappa shape index (κ2) is 14.7. The summed E-state index contributed by atoms with van der Waals surface area (Å²) in [5, 5.41) is 6.37. The van der Waals surface area contributed by atoms with Gasteiger partial charge >= 0.3 is 0 Å². The summed E-state index contributed by atoms with van der Waals surface area (Å²) in [6.07, 6.45) is 3.87. The number of sulfonamides is 1. The summed E-state index contributed by atoms with van der Waals surface area (Å²) in [6, 6.07) is 0. The summed E-state index contributed by atoms with van der Waals surface area (Å²) in [5.74, 6) is 0.879. The molecule has 3 N–H and O–H groups in total. The smallest absolute Gasteiger partial charge is 0.211 e. The molecule has 0 unspecified atom stereocenters. The molecule has 0 radical (unpaired) electrons. The molecule has 0 saturated carbocycles. The molecule has 0 aliphatic heterocycles. The predicted octanol–water partition coefficient (Wildman–Crippen LogP) is 1.08. The molecule has 0 heterocycles. The van der Waals surface area contributed by atoms with E-state index >= 15 is 0 Å². The van der Waals surface area contributed by atoms with Crippen molar-refractivity contribution in [1.29, 1.82) is 0 Å². The maximum absolute atomic E-state index is 11.3. The quantitative estimate of drug-likeness (QED) is 0.248. The van der Waals surface area contributed by atoms with Crippen molar-refractivity contribution in [1.82, 2.24) is 15.4 Å². The van der Waals surface area contributed by atoms with Gasteiger partial charge in [0.1, 0.15) is 0 Å². The van der Waals surface area contributed by atoms with Crippen molar-refractivity contribution in [2.75, 3.05) is 45.1 Å². The lowest BCUT2D eigenvalue weighted by Crippen LogP contribution is -2.39. The van der Waals surface area contributed by atoms with E-state index in [1.54, 1.807) is 6.92 Å². The van der Waals surface area contributed by atoms with Gasteiger partial charge in [0.15, 0.2) is 5.96 Å². The highest BCUT2D eigenvalue weighted by Gasteiger charge is 2.04. The number of hydrogen-bond acceptors (Lipinski definition) is 4. The number of hydrogen-bond donors (Lipinski definition) is 3. The highest BCUT2D eigenvalue weighted by molar-refractivity contribution is 7.89. The Labute approximate surface area is 141 Å². The minimum atomic E-state index is -3.10. The molecule has 0 aliphatic carbocycles. The molecule has 0 aromatic carbocycles. The van der Waals surface area contributed by atoms with E-state index in [1.807, 2.05) is 6.92 Å². The summed E-state index contributed by atoms with van der Waals surface area (Å²) in [4.78, 5) is 4.47. The van der Waals surface area contributed by atoms with Gasteiger partial charge in [0.25, 0.3) is 0 Å². The van der Waals surface area contributed by atoms with E-state index in [1.165, 1.54) is 0 Å². The zero-order valence-electron chi connectivity index (χ0n) is 14.9. The van der Waals surface area contributed by atoms with Crippen molar-refractivity contribution in [3.63, 3.8) is 0 Å². The predicted molar refractivity (Wildman–Crippen MR) is 96.4 cm³/mol. The first-order chi connectivity index (χ1) is 11.1. The van der Waals surface area contributed by atoms with Crippen molar-refractivity contribution >= 4 is 16.0 Å². The summed E-state index contributed by atoms with van der Waals surface area (Å²) >= 11 is 0. The molecule has 0 amide bonds. The van der Waals surface area contributed by atoms with Gasteiger partial charge in [-0.25, -0.2) is 13.1 Å². The number of ether oxygens (including phenoxy) is 1. The third-order valence-corrected chi connectivity index (χ3v) is 4.46. The average molecular weight is 351 g/mol. The Morgan fingerprint density at radius 1 is 1.00 bits per heavy atom. The maximum atomic E-state index is 11.3. The van der Waals surface area contributed by atoms with Crippen molar-refractivity contribution < 1.29 is 13.2 Å². The normalized spacial score (nSPS) is 12.4. The maximum Gasteiger partial charge on any atom is 0.211 e. The van der Waals surface area contributed by atoms with Crippen LogP contribution in [0, 0.1) is 0 Å². The molecule has 138 valence electrons. The number of guanidine groups is 1. The zero-order valence-corrected chi connectivity index (χ0v) is 15.7. The minimum absolute atomic E-state index is 0.116. The monoisotopic (exact) mass is 350 g/mol. The Morgan fingerprint density at radius 2 is 1.74 bits per heavy atom. The van der Waals surface area contributed by atoms with E-state index in [0.29, 0.717) is 26.1 Å². The molecular formula is C15H34N4O3S. The van der Waals surface area contributed by atoms with E-state index in [-0.39, 0.29) is 5.75 Å². The van der Waals surface area contributed by atoms with Crippen LogP contribution in [0.3, 0.4) is 0 Å². The summed E-state index contributed by atoms with van der Waals surface area (Å²) in [7, 11) is -3.10. The molecule has 23 heavy (non-hydrogen) atoms. The first kappa shape index (κ1) is 22.1. The van der Waals surface area contributed by atoms with Crippen LogP contribution in [-0.4, -0.2) is 59.5 Å². The fourth-order valence-electron chi connectivity index (χ4n) is 1.67. The van der Waals surface area contributed by atoms with E-state index in [0.717, 1.165) is 45.0 Å². The fourth-order valence-corrected chi connectivity index (χ4v) is 2.33. The molecule has 0 aliphatic rings. The molecule has 8 heteroatoms. The number of aliphatic imine (C=N–C) groups is 1. The largest absolute Gasteiger partial charge is 0.381 e. The Kier molecular flexibility index (Phi) is 14.2. The number of nitrogens with zero attached hydrogens (tertiary/aromatic N) is 1. The lowest BCUT2D eigenvalue weighted by molar-refractivity contribution is 0.130. The summed E-state index contributed by atoms with van der Waals surface area (Å²) < 4.78 is 30.6. The van der Waals surface area contributed by atoms with Crippen LogP contribution in [0.5, 0.6) is 0 Å². The van der Waals surface area contributed by atoms with Gasteiger partial charge in [-0.2, -0.15) is 0 Å². The first-order valence-corrected chi connectivity index (χ1v) is 10.3. The van der Waals surface area contributed by atoms with Gasteiger partial charge in [-0.05, 0) is 33.1 Å². The summed E-state index contributed by atoms with van der Waals surface area (Å²) in [5.41, 5.74) is 0. The van der Waals surface area contributed by atoms with Crippen LogP contribution in [0.25, 0.3) is 0 Å². The van der Waals surface area contributed by atoms with Crippen molar-refractivity contribution in [3.05, 3.63) is 0 Å². The molecule has 0 bridgehead atoms. The van der Waals surface area contributed by atoms with Crippen LogP contribution in [-0.2, 0) is 14.8 Å². The Bertz CT molecular complexity index is 400.